The van der Waals surface area contributed by atoms with Crippen LogP contribution < -0.4 is 0 Å². The maximum Gasteiger partial charge on any atom is 0.140 e. The molecule has 1 atom stereocenters. The van der Waals surface area contributed by atoms with E-state index >= 15 is 0 Å². The van der Waals surface area contributed by atoms with Crippen molar-refractivity contribution < 1.29 is 4.79 Å². The summed E-state index contributed by atoms with van der Waals surface area (Å²) in [6, 6.07) is 5.32. The molecule has 3 heteroatoms. The lowest BCUT2D eigenvalue weighted by molar-refractivity contribution is -0.122. The van der Waals surface area contributed by atoms with Gasteiger partial charge in [-0.1, -0.05) is 56.0 Å². The van der Waals surface area contributed by atoms with E-state index in [0.717, 1.165) is 31.2 Å². The first-order valence-corrected chi connectivity index (χ1v) is 7.30. The Morgan fingerprint density at radius 3 is 2.56 bits per heavy atom. The van der Waals surface area contributed by atoms with Crippen molar-refractivity contribution in [3.63, 3.8) is 0 Å². The fourth-order valence-electron chi connectivity index (χ4n) is 2.04. The van der Waals surface area contributed by atoms with Crippen molar-refractivity contribution in [1.82, 2.24) is 0 Å². The summed E-state index contributed by atoms with van der Waals surface area (Å²) in [5, 5.41) is 1.19. The Bertz CT molecular complexity index is 401. The third-order valence-corrected chi connectivity index (χ3v) is 3.82. The first-order chi connectivity index (χ1) is 8.58. The standard InChI is InChI=1S/C15H20Cl2O/c1-3-5-6-11(4-2)15(18)9-12-7-8-13(16)10-14(12)17/h7-8,10-11H,3-6,9H2,1-2H3. The van der Waals surface area contributed by atoms with Crippen molar-refractivity contribution in [2.24, 2.45) is 5.92 Å². The molecule has 0 N–H and O–H groups in total. The normalized spacial score (nSPS) is 12.4. The summed E-state index contributed by atoms with van der Waals surface area (Å²) >= 11 is 11.9. The van der Waals surface area contributed by atoms with Crippen LogP contribution in [-0.2, 0) is 11.2 Å². The van der Waals surface area contributed by atoms with Gasteiger partial charge in [0.2, 0.25) is 0 Å². The zero-order valence-electron chi connectivity index (χ0n) is 11.0. The molecule has 18 heavy (non-hydrogen) atoms. The van der Waals surface area contributed by atoms with Gasteiger partial charge in [-0.05, 0) is 30.5 Å². The lowest BCUT2D eigenvalue weighted by Crippen LogP contribution is -2.16. The van der Waals surface area contributed by atoms with Gasteiger partial charge in [0.25, 0.3) is 0 Å². The van der Waals surface area contributed by atoms with Gasteiger partial charge in [-0.25, -0.2) is 0 Å². The molecule has 1 nitrogen and oxygen atoms in total. The molecule has 100 valence electrons. The van der Waals surface area contributed by atoms with Crippen molar-refractivity contribution >= 4 is 29.0 Å². The summed E-state index contributed by atoms with van der Waals surface area (Å²) in [7, 11) is 0. The zero-order valence-corrected chi connectivity index (χ0v) is 12.5. The van der Waals surface area contributed by atoms with Gasteiger partial charge in [0.1, 0.15) is 5.78 Å². The van der Waals surface area contributed by atoms with Crippen LogP contribution >= 0.6 is 23.2 Å². The molecule has 0 aliphatic carbocycles. The number of halogens is 2. The van der Waals surface area contributed by atoms with Crippen molar-refractivity contribution in [2.75, 3.05) is 0 Å². The van der Waals surface area contributed by atoms with E-state index in [0.29, 0.717) is 16.5 Å². The van der Waals surface area contributed by atoms with Crippen LogP contribution in [-0.4, -0.2) is 5.78 Å². The monoisotopic (exact) mass is 286 g/mol. The van der Waals surface area contributed by atoms with Gasteiger partial charge in [0.15, 0.2) is 0 Å². The smallest absolute Gasteiger partial charge is 0.140 e. The maximum atomic E-state index is 12.2. The number of carbonyl (C=O) groups is 1. The topological polar surface area (TPSA) is 17.1 Å². The minimum atomic E-state index is 0.164. The number of unbranched alkanes of at least 4 members (excludes halogenated alkanes) is 1. The number of Topliss-reactive ketones (excluding diaryl/α,β-unsaturated/α-hetero) is 1. The molecule has 0 saturated carbocycles. The van der Waals surface area contributed by atoms with E-state index in [2.05, 4.69) is 13.8 Å². The van der Waals surface area contributed by atoms with Crippen LogP contribution in [0.1, 0.15) is 45.1 Å². The fraction of sp³-hybridized carbons (Fsp3) is 0.533. The van der Waals surface area contributed by atoms with Gasteiger partial charge < -0.3 is 0 Å². The van der Waals surface area contributed by atoms with Crippen LogP contribution in [0.25, 0.3) is 0 Å². The number of hydrogen-bond donors (Lipinski definition) is 0. The largest absolute Gasteiger partial charge is 0.299 e. The van der Waals surface area contributed by atoms with E-state index < -0.39 is 0 Å². The van der Waals surface area contributed by atoms with Crippen LogP contribution in [0.4, 0.5) is 0 Å². The number of hydrogen-bond acceptors (Lipinski definition) is 1. The van der Waals surface area contributed by atoms with Crippen molar-refractivity contribution in [2.45, 2.75) is 46.0 Å². The Hall–Kier alpha value is -0.530. The summed E-state index contributed by atoms with van der Waals surface area (Å²) < 4.78 is 0. The highest BCUT2D eigenvalue weighted by molar-refractivity contribution is 6.35. The minimum absolute atomic E-state index is 0.164. The third-order valence-electron chi connectivity index (χ3n) is 3.23. The SMILES string of the molecule is CCCCC(CC)C(=O)Cc1ccc(Cl)cc1Cl. The average Bonchev–Trinajstić information content (AvgIpc) is 2.34. The predicted molar refractivity (Wildman–Crippen MR) is 78.5 cm³/mol. The molecule has 0 spiro atoms. The van der Waals surface area contributed by atoms with Crippen LogP contribution in [0.5, 0.6) is 0 Å². The Morgan fingerprint density at radius 2 is 2.00 bits per heavy atom. The first-order valence-electron chi connectivity index (χ1n) is 6.55. The third kappa shape index (κ3) is 4.62. The molecule has 0 heterocycles. The Morgan fingerprint density at radius 1 is 1.28 bits per heavy atom. The molecule has 1 aromatic carbocycles. The Labute approximate surface area is 119 Å². The maximum absolute atomic E-state index is 12.2. The van der Waals surface area contributed by atoms with E-state index in [-0.39, 0.29) is 11.7 Å². The molecular formula is C15H20Cl2O. The highest BCUT2D eigenvalue weighted by Crippen LogP contribution is 2.24. The zero-order chi connectivity index (χ0) is 13.5. The van der Waals surface area contributed by atoms with Crippen LogP contribution in [0, 0.1) is 5.92 Å². The van der Waals surface area contributed by atoms with E-state index in [1.54, 1.807) is 12.1 Å². The minimum Gasteiger partial charge on any atom is -0.299 e. The number of benzene rings is 1. The molecule has 0 saturated heterocycles. The van der Waals surface area contributed by atoms with E-state index in [1.165, 1.54) is 0 Å². The quantitative estimate of drug-likeness (QED) is 0.663. The van der Waals surface area contributed by atoms with Gasteiger partial charge in [-0.3, -0.25) is 4.79 Å². The summed E-state index contributed by atoms with van der Waals surface area (Å²) in [4.78, 5) is 12.2. The Kier molecular flexibility index (Phi) is 6.73. The summed E-state index contributed by atoms with van der Waals surface area (Å²) in [5.74, 6) is 0.451. The van der Waals surface area contributed by atoms with Crippen LogP contribution in [0.2, 0.25) is 10.0 Å². The van der Waals surface area contributed by atoms with E-state index in [9.17, 15) is 4.79 Å². The van der Waals surface area contributed by atoms with E-state index in [1.807, 2.05) is 6.07 Å². The number of carbonyl (C=O) groups excluding carboxylic acids is 1. The molecule has 0 aliphatic heterocycles. The van der Waals surface area contributed by atoms with Crippen LogP contribution in [0.3, 0.4) is 0 Å². The highest BCUT2D eigenvalue weighted by atomic mass is 35.5. The molecule has 0 fully saturated rings. The molecule has 0 aliphatic rings. The second kappa shape index (κ2) is 7.81. The van der Waals surface area contributed by atoms with Gasteiger partial charge in [-0.2, -0.15) is 0 Å². The van der Waals surface area contributed by atoms with Gasteiger partial charge in [0.05, 0.1) is 0 Å². The molecule has 0 radical (unpaired) electrons. The second-order valence-electron chi connectivity index (χ2n) is 4.63. The molecule has 0 bridgehead atoms. The average molecular weight is 287 g/mol. The van der Waals surface area contributed by atoms with E-state index in [4.69, 9.17) is 23.2 Å². The van der Waals surface area contributed by atoms with Crippen molar-refractivity contribution in [3.8, 4) is 0 Å². The second-order valence-corrected chi connectivity index (χ2v) is 5.47. The summed E-state index contributed by atoms with van der Waals surface area (Å²) in [6.07, 6.45) is 4.55. The molecule has 1 aromatic rings. The molecular weight excluding hydrogens is 267 g/mol. The highest BCUT2D eigenvalue weighted by Gasteiger charge is 2.17. The van der Waals surface area contributed by atoms with Gasteiger partial charge >= 0.3 is 0 Å². The molecule has 0 aromatic heterocycles. The predicted octanol–water partition coefficient (Wildman–Crippen LogP) is 5.32. The van der Waals surface area contributed by atoms with Gasteiger partial charge in [-0.15, -0.1) is 0 Å². The lowest BCUT2D eigenvalue weighted by atomic mass is 9.91. The lowest BCUT2D eigenvalue weighted by Gasteiger charge is -2.13. The Balaban J connectivity index is 2.67. The summed E-state index contributed by atoms with van der Waals surface area (Å²) in [5.41, 5.74) is 0.876. The fourth-order valence-corrected chi connectivity index (χ4v) is 2.52. The number of rotatable bonds is 7. The van der Waals surface area contributed by atoms with Crippen molar-refractivity contribution in [3.05, 3.63) is 33.8 Å². The first kappa shape index (κ1) is 15.5. The van der Waals surface area contributed by atoms with Gasteiger partial charge in [0, 0.05) is 22.4 Å². The molecule has 0 amide bonds. The van der Waals surface area contributed by atoms with Crippen LogP contribution in [0.15, 0.2) is 18.2 Å². The summed E-state index contributed by atoms with van der Waals surface area (Å²) in [6.45, 7) is 4.22. The van der Waals surface area contributed by atoms with Crippen molar-refractivity contribution in [1.29, 1.82) is 0 Å². The molecule has 1 unspecified atom stereocenters. The molecule has 1 rings (SSSR count). The number of ketones is 1.